The predicted molar refractivity (Wildman–Crippen MR) is 156 cm³/mol. The van der Waals surface area contributed by atoms with Crippen molar-refractivity contribution < 1.29 is 44.9 Å². The van der Waals surface area contributed by atoms with Gasteiger partial charge in [0.15, 0.2) is 6.29 Å². The van der Waals surface area contributed by atoms with Crippen molar-refractivity contribution in [3.8, 4) is 5.75 Å². The molecule has 1 saturated heterocycles. The van der Waals surface area contributed by atoms with E-state index in [1.165, 1.54) is 57.4 Å². The topological polar surface area (TPSA) is 27.7 Å². The Hall–Kier alpha value is -2.33. The molecule has 0 atom stereocenters. The summed E-state index contributed by atoms with van der Waals surface area (Å²) in [5.74, 6) is -2.54. The van der Waals surface area contributed by atoms with Gasteiger partial charge in [0.1, 0.15) is 17.4 Å². The maximum atomic E-state index is 15.3. The third kappa shape index (κ3) is 8.53. The lowest BCUT2D eigenvalue weighted by molar-refractivity contribution is -0.222. The maximum absolute atomic E-state index is 15.3. The molecule has 3 nitrogen and oxygen atoms in total. The average Bonchev–Trinajstić information content (AvgIpc) is 3.01. The molecule has 1 aliphatic heterocycles. The summed E-state index contributed by atoms with van der Waals surface area (Å²) < 4.78 is 114. The summed E-state index contributed by atoms with van der Waals surface area (Å²) >= 11 is 0. The molecule has 0 bridgehead atoms. The minimum atomic E-state index is -4.94. The summed E-state index contributed by atoms with van der Waals surface area (Å²) in [5.41, 5.74) is -0.523. The number of hydrogen-bond donors (Lipinski definition) is 0. The van der Waals surface area contributed by atoms with Crippen LogP contribution in [0.4, 0.5) is 30.7 Å². The van der Waals surface area contributed by atoms with Gasteiger partial charge in [0.05, 0.1) is 24.7 Å². The van der Waals surface area contributed by atoms with E-state index in [0.29, 0.717) is 54.4 Å². The van der Waals surface area contributed by atoms with Crippen molar-refractivity contribution in [1.82, 2.24) is 0 Å². The van der Waals surface area contributed by atoms with E-state index in [1.807, 2.05) is 0 Å². The zero-order valence-electron chi connectivity index (χ0n) is 25.7. The number of benzene rings is 2. The Labute approximate surface area is 260 Å². The minimum Gasteiger partial charge on any atom is -0.432 e. The summed E-state index contributed by atoms with van der Waals surface area (Å²) in [6, 6.07) is 6.24. The molecule has 45 heavy (non-hydrogen) atoms. The van der Waals surface area contributed by atoms with Gasteiger partial charge < -0.3 is 14.2 Å². The van der Waals surface area contributed by atoms with Crippen molar-refractivity contribution in [3.63, 3.8) is 0 Å². The van der Waals surface area contributed by atoms with E-state index < -0.39 is 47.4 Å². The lowest BCUT2D eigenvalue weighted by atomic mass is 9.74. The molecule has 3 aliphatic rings. The lowest BCUT2D eigenvalue weighted by Gasteiger charge is -2.38. The van der Waals surface area contributed by atoms with E-state index >= 15 is 4.39 Å². The van der Waals surface area contributed by atoms with E-state index in [-0.39, 0.29) is 31.6 Å². The Morgan fingerprint density at radius 1 is 0.756 bits per heavy atom. The van der Waals surface area contributed by atoms with Crippen molar-refractivity contribution in [1.29, 1.82) is 0 Å². The van der Waals surface area contributed by atoms with Crippen molar-refractivity contribution in [2.24, 2.45) is 23.7 Å². The van der Waals surface area contributed by atoms with Gasteiger partial charge in [0.2, 0.25) is 0 Å². The molecule has 0 radical (unpaired) electrons. The van der Waals surface area contributed by atoms with Gasteiger partial charge in [-0.3, -0.25) is 0 Å². The highest BCUT2D eigenvalue weighted by Crippen LogP contribution is 2.45. The molecule has 1 heterocycles. The second-order valence-electron chi connectivity index (χ2n) is 13.2. The van der Waals surface area contributed by atoms with Crippen LogP contribution in [0.15, 0.2) is 36.4 Å². The highest BCUT2D eigenvalue weighted by molar-refractivity contribution is 5.31. The van der Waals surface area contributed by atoms with E-state index in [2.05, 4.69) is 11.7 Å². The van der Waals surface area contributed by atoms with Gasteiger partial charge >= 0.3 is 12.3 Å². The summed E-state index contributed by atoms with van der Waals surface area (Å²) in [5, 5.41) is 0. The molecule has 250 valence electrons. The zero-order valence-corrected chi connectivity index (χ0v) is 25.7. The monoisotopic (exact) mass is 644 g/mol. The molecule has 0 aromatic heterocycles. The van der Waals surface area contributed by atoms with Gasteiger partial charge in [0.25, 0.3) is 0 Å². The molecule has 10 heteroatoms. The molecule has 3 fully saturated rings. The maximum Gasteiger partial charge on any atom is 0.419 e. The highest BCUT2D eigenvalue weighted by Gasteiger charge is 2.45. The Kier molecular flexibility index (Phi) is 11.0. The molecule has 2 aliphatic carbocycles. The lowest BCUT2D eigenvalue weighted by Crippen LogP contribution is -2.37. The first-order chi connectivity index (χ1) is 21.4. The van der Waals surface area contributed by atoms with Crippen molar-refractivity contribution in [3.05, 3.63) is 64.7 Å². The van der Waals surface area contributed by atoms with Gasteiger partial charge in [-0.25, -0.2) is 8.78 Å². The van der Waals surface area contributed by atoms with E-state index in [9.17, 15) is 26.3 Å². The fraction of sp³-hybridized carbons (Fsp3) is 0.657. The van der Waals surface area contributed by atoms with Crippen LogP contribution in [0.1, 0.15) is 113 Å². The Morgan fingerprint density at radius 2 is 1.44 bits per heavy atom. The Balaban J connectivity index is 1.09. The highest BCUT2D eigenvalue weighted by atomic mass is 19.4. The van der Waals surface area contributed by atoms with Gasteiger partial charge in [-0.15, -0.1) is 0 Å². The van der Waals surface area contributed by atoms with Crippen LogP contribution in [-0.2, 0) is 15.7 Å². The number of rotatable bonds is 10. The Bertz CT molecular complexity index is 1240. The Morgan fingerprint density at radius 3 is 2.04 bits per heavy atom. The van der Waals surface area contributed by atoms with Crippen LogP contribution in [0.5, 0.6) is 5.75 Å². The number of halogens is 7. The van der Waals surface area contributed by atoms with Crippen LogP contribution in [0.25, 0.3) is 0 Å². The zero-order chi connectivity index (χ0) is 32.2. The quantitative estimate of drug-likeness (QED) is 0.190. The molecular weight excluding hydrogens is 601 g/mol. The molecule has 2 aromatic carbocycles. The van der Waals surface area contributed by atoms with E-state index in [0.717, 1.165) is 5.92 Å². The van der Waals surface area contributed by atoms with E-state index in [1.54, 1.807) is 12.1 Å². The van der Waals surface area contributed by atoms with Crippen LogP contribution in [-0.4, -0.2) is 19.3 Å². The summed E-state index contributed by atoms with van der Waals surface area (Å²) in [6.07, 6.45) is 1.44. The first-order valence-electron chi connectivity index (χ1n) is 16.4. The third-order valence-electron chi connectivity index (χ3n) is 10.1. The number of hydrogen-bond acceptors (Lipinski definition) is 3. The number of alkyl halides is 5. The number of unbranched alkanes of at least 4 members (excludes halogenated alkanes) is 2. The molecule has 5 rings (SSSR count). The molecule has 0 N–H and O–H groups in total. The third-order valence-corrected chi connectivity index (χ3v) is 10.1. The van der Waals surface area contributed by atoms with Gasteiger partial charge in [0, 0.05) is 17.5 Å². The first kappa shape index (κ1) is 34.0. The molecule has 2 aromatic rings. The van der Waals surface area contributed by atoms with Gasteiger partial charge in [-0.1, -0.05) is 57.6 Å². The second kappa shape index (κ2) is 14.6. The van der Waals surface area contributed by atoms with E-state index in [4.69, 9.17) is 9.47 Å². The summed E-state index contributed by atoms with van der Waals surface area (Å²) in [4.78, 5) is 0. The van der Waals surface area contributed by atoms with Crippen molar-refractivity contribution in [2.75, 3.05) is 13.2 Å². The van der Waals surface area contributed by atoms with Crippen molar-refractivity contribution >= 4 is 0 Å². The number of ether oxygens (including phenoxy) is 3. The summed E-state index contributed by atoms with van der Waals surface area (Å²) in [7, 11) is 0. The van der Waals surface area contributed by atoms with Crippen LogP contribution in [0.3, 0.4) is 0 Å². The first-order valence-corrected chi connectivity index (χ1v) is 16.4. The second-order valence-corrected chi connectivity index (χ2v) is 13.2. The van der Waals surface area contributed by atoms with Crippen molar-refractivity contribution in [2.45, 2.75) is 108 Å². The van der Waals surface area contributed by atoms with Crippen LogP contribution in [0.2, 0.25) is 0 Å². The molecule has 0 unspecified atom stereocenters. The standard InChI is InChI=1S/C35H43F7O3/c1-2-3-4-5-22-6-8-23(9-7-22)26-20-43-33(44-21-26)25-12-16-29(31(36)18-25)24-10-13-27(14-11-24)35(41,42)45-28-15-17-30(32(37)19-28)34(38,39)40/h12,15-19,22-24,26-27,33H,2-11,13-14,20-21H2,1H3. The molecule has 0 amide bonds. The van der Waals surface area contributed by atoms with Crippen LogP contribution >= 0.6 is 0 Å². The fourth-order valence-corrected chi connectivity index (χ4v) is 7.41. The largest absolute Gasteiger partial charge is 0.432 e. The molecular formula is C35H43F7O3. The molecule has 0 spiro atoms. The fourth-order valence-electron chi connectivity index (χ4n) is 7.41. The normalized spacial score (nSPS) is 28.2. The van der Waals surface area contributed by atoms with Crippen LogP contribution < -0.4 is 4.74 Å². The SMILES string of the molecule is CCCCCC1CCC(C2COC(c3ccc(C4CCC(C(F)(F)Oc5ccc(C(F)(F)F)c(F)c5)CC4)c(F)c3)OC2)CC1. The molecule has 2 saturated carbocycles. The van der Waals surface area contributed by atoms with Crippen LogP contribution in [0, 0.1) is 35.3 Å². The van der Waals surface area contributed by atoms with Gasteiger partial charge in [-0.2, -0.15) is 22.0 Å². The smallest absolute Gasteiger partial charge is 0.419 e. The summed E-state index contributed by atoms with van der Waals surface area (Å²) in [6.45, 7) is 3.40. The van der Waals surface area contributed by atoms with Gasteiger partial charge in [-0.05, 0) is 80.0 Å². The minimum absolute atomic E-state index is 0.0128. The average molecular weight is 645 g/mol. The predicted octanol–water partition coefficient (Wildman–Crippen LogP) is 11.0.